The van der Waals surface area contributed by atoms with Crippen LogP contribution < -0.4 is 5.73 Å². The van der Waals surface area contributed by atoms with Crippen molar-refractivity contribution in [2.45, 2.75) is 12.8 Å². The fourth-order valence-corrected chi connectivity index (χ4v) is 1.43. The topological polar surface area (TPSA) is 65.2 Å². The molecule has 0 aliphatic rings. The van der Waals surface area contributed by atoms with Crippen molar-refractivity contribution in [3.63, 3.8) is 0 Å². The van der Waals surface area contributed by atoms with Gasteiger partial charge >= 0.3 is 5.97 Å². The van der Waals surface area contributed by atoms with Crippen molar-refractivity contribution in [1.82, 2.24) is 4.98 Å². The van der Waals surface area contributed by atoms with Crippen LogP contribution in [0.5, 0.6) is 0 Å². The second kappa shape index (κ2) is 5.07. The summed E-state index contributed by atoms with van der Waals surface area (Å²) in [6.07, 6.45) is -3.21. The number of hydrogen-bond acceptors (Lipinski definition) is 4. The van der Waals surface area contributed by atoms with E-state index in [1.807, 2.05) is 0 Å². The first-order valence-corrected chi connectivity index (χ1v) is 4.63. The van der Waals surface area contributed by atoms with Crippen LogP contribution in [0.3, 0.4) is 0 Å². The lowest BCUT2D eigenvalue weighted by Crippen LogP contribution is -2.10. The van der Waals surface area contributed by atoms with Crippen LogP contribution in [-0.4, -0.2) is 18.1 Å². The number of esters is 1. The van der Waals surface area contributed by atoms with E-state index in [1.165, 1.54) is 6.07 Å². The Hall–Kier alpha value is -1.43. The molecule has 1 aromatic heterocycles. The van der Waals surface area contributed by atoms with Crippen molar-refractivity contribution >= 4 is 23.4 Å². The lowest BCUT2D eigenvalue weighted by Gasteiger charge is -2.10. The van der Waals surface area contributed by atoms with Crippen LogP contribution in [0, 0.1) is 0 Å². The Morgan fingerprint density at radius 3 is 2.81 bits per heavy atom. The maximum Gasteiger partial charge on any atom is 0.310 e. The van der Waals surface area contributed by atoms with Gasteiger partial charge in [-0.3, -0.25) is 4.79 Å². The number of nitrogens with two attached hydrogens (primary N) is 1. The summed E-state index contributed by atoms with van der Waals surface area (Å²) in [6, 6.07) is 1.21. The zero-order valence-electron chi connectivity index (χ0n) is 8.34. The van der Waals surface area contributed by atoms with E-state index in [0.29, 0.717) is 0 Å². The molecule has 0 unspecified atom stereocenters. The Labute approximate surface area is 95.4 Å². The monoisotopic (exact) mass is 250 g/mol. The zero-order valence-corrected chi connectivity index (χ0v) is 9.09. The fourth-order valence-electron chi connectivity index (χ4n) is 1.15. The lowest BCUT2D eigenvalue weighted by atomic mass is 10.1. The summed E-state index contributed by atoms with van der Waals surface area (Å²) < 4.78 is 29.6. The van der Waals surface area contributed by atoms with Crippen molar-refractivity contribution < 1.29 is 18.3 Å². The molecule has 4 nitrogen and oxygen atoms in total. The van der Waals surface area contributed by atoms with Gasteiger partial charge in [-0.15, -0.1) is 0 Å². The number of carbonyl (C=O) groups is 1. The van der Waals surface area contributed by atoms with Crippen LogP contribution in [0.2, 0.25) is 5.02 Å². The summed E-state index contributed by atoms with van der Waals surface area (Å²) in [5, 5.41) is -0.0202. The quantitative estimate of drug-likeness (QED) is 0.833. The van der Waals surface area contributed by atoms with Gasteiger partial charge in [0, 0.05) is 5.56 Å². The van der Waals surface area contributed by atoms with Crippen LogP contribution >= 0.6 is 11.6 Å². The number of rotatable bonds is 3. The molecule has 7 heteroatoms. The summed E-state index contributed by atoms with van der Waals surface area (Å²) in [5.74, 6) is -0.788. The largest absolute Gasteiger partial charge is 0.469 e. The Kier molecular flexibility index (Phi) is 4.00. The fraction of sp³-hybridized carbons (Fsp3) is 0.333. The van der Waals surface area contributed by atoms with Crippen LogP contribution in [0.25, 0.3) is 0 Å². The van der Waals surface area contributed by atoms with E-state index >= 15 is 0 Å². The Morgan fingerprint density at radius 2 is 2.31 bits per heavy atom. The molecule has 0 aliphatic carbocycles. The van der Waals surface area contributed by atoms with Crippen molar-refractivity contribution in [2.24, 2.45) is 0 Å². The highest BCUT2D eigenvalue weighted by molar-refractivity contribution is 6.31. The number of nitrogen functional groups attached to an aromatic ring is 1. The first-order chi connectivity index (χ1) is 7.45. The van der Waals surface area contributed by atoms with Crippen LogP contribution in [0.4, 0.5) is 14.6 Å². The van der Waals surface area contributed by atoms with Crippen LogP contribution in [0.15, 0.2) is 6.07 Å². The number of aromatic nitrogens is 1. The van der Waals surface area contributed by atoms with E-state index < -0.39 is 18.1 Å². The van der Waals surface area contributed by atoms with Crippen molar-refractivity contribution in [2.75, 3.05) is 12.8 Å². The van der Waals surface area contributed by atoms with Gasteiger partial charge in [0.05, 0.1) is 18.6 Å². The molecule has 2 N–H and O–H groups in total. The van der Waals surface area contributed by atoms with E-state index in [-0.39, 0.29) is 22.8 Å². The Morgan fingerprint density at radius 1 is 1.69 bits per heavy atom. The lowest BCUT2D eigenvalue weighted by molar-refractivity contribution is -0.139. The molecule has 1 heterocycles. The van der Waals surface area contributed by atoms with E-state index in [9.17, 15) is 13.6 Å². The minimum absolute atomic E-state index is 0.0202. The summed E-state index contributed by atoms with van der Waals surface area (Å²) in [7, 11) is 1.16. The number of nitrogens with zero attached hydrogens (tertiary/aromatic N) is 1. The van der Waals surface area contributed by atoms with Gasteiger partial charge in [-0.05, 0) is 6.07 Å². The highest BCUT2D eigenvalue weighted by Gasteiger charge is 2.21. The standard InChI is InChI=1S/C9H9ClF2N2O2/c1-16-7(15)2-4-5(10)3-6(13)14-8(4)9(11)12/h3,9H,2H2,1H3,(H2,13,14). The van der Waals surface area contributed by atoms with Crippen molar-refractivity contribution in [1.29, 1.82) is 0 Å². The third kappa shape index (κ3) is 2.79. The second-order valence-corrected chi connectivity index (χ2v) is 3.35. The third-order valence-electron chi connectivity index (χ3n) is 1.88. The zero-order chi connectivity index (χ0) is 12.3. The first kappa shape index (κ1) is 12.6. The van der Waals surface area contributed by atoms with Gasteiger partial charge in [0.2, 0.25) is 0 Å². The van der Waals surface area contributed by atoms with Crippen LogP contribution in [-0.2, 0) is 16.0 Å². The minimum atomic E-state index is -2.85. The highest BCUT2D eigenvalue weighted by atomic mass is 35.5. The number of pyridine rings is 1. The molecule has 0 bridgehead atoms. The predicted molar refractivity (Wildman–Crippen MR) is 54.3 cm³/mol. The molecule has 0 saturated heterocycles. The number of methoxy groups -OCH3 is 1. The maximum atomic E-state index is 12.6. The summed E-state index contributed by atoms with van der Waals surface area (Å²) in [4.78, 5) is 14.5. The molecule has 88 valence electrons. The predicted octanol–water partition coefficient (Wildman–Crippen LogP) is 1.97. The van der Waals surface area contributed by atoms with Crippen molar-refractivity contribution in [3.05, 3.63) is 22.3 Å². The molecule has 0 spiro atoms. The van der Waals surface area contributed by atoms with E-state index in [4.69, 9.17) is 17.3 Å². The smallest absolute Gasteiger partial charge is 0.310 e. The average molecular weight is 251 g/mol. The third-order valence-corrected chi connectivity index (χ3v) is 2.21. The summed E-state index contributed by atoms with van der Waals surface area (Å²) in [6.45, 7) is 0. The molecule has 0 radical (unpaired) electrons. The number of hydrogen-bond donors (Lipinski definition) is 1. The molecule has 0 aliphatic heterocycles. The summed E-state index contributed by atoms with van der Waals surface area (Å²) >= 11 is 5.72. The van der Waals surface area contributed by atoms with Gasteiger partial charge in [-0.2, -0.15) is 0 Å². The van der Waals surface area contributed by atoms with E-state index in [0.717, 1.165) is 7.11 Å². The van der Waals surface area contributed by atoms with Crippen LogP contribution in [0.1, 0.15) is 17.7 Å². The maximum absolute atomic E-state index is 12.6. The average Bonchev–Trinajstić information content (AvgIpc) is 2.20. The molecule has 0 aromatic carbocycles. The first-order valence-electron chi connectivity index (χ1n) is 4.25. The molecule has 0 atom stereocenters. The number of carbonyl (C=O) groups excluding carboxylic acids is 1. The highest BCUT2D eigenvalue weighted by Crippen LogP contribution is 2.28. The number of alkyl halides is 2. The van der Waals surface area contributed by atoms with Crippen molar-refractivity contribution in [3.8, 4) is 0 Å². The van der Waals surface area contributed by atoms with Gasteiger partial charge in [0.15, 0.2) is 0 Å². The molecule has 1 rings (SSSR count). The molecule has 16 heavy (non-hydrogen) atoms. The molecule has 0 amide bonds. The minimum Gasteiger partial charge on any atom is -0.469 e. The number of halogens is 3. The van der Waals surface area contributed by atoms with Gasteiger partial charge in [-0.25, -0.2) is 13.8 Å². The number of anilines is 1. The van der Waals surface area contributed by atoms with E-state index in [2.05, 4.69) is 9.72 Å². The van der Waals surface area contributed by atoms with Gasteiger partial charge < -0.3 is 10.5 Å². The summed E-state index contributed by atoms with van der Waals surface area (Å²) in [5.41, 5.74) is 4.64. The Bertz CT molecular complexity index is 413. The molecule has 1 aromatic rings. The molecular formula is C9H9ClF2N2O2. The SMILES string of the molecule is COC(=O)Cc1c(Cl)cc(N)nc1C(F)F. The van der Waals surface area contributed by atoms with Gasteiger partial charge in [0.25, 0.3) is 6.43 Å². The molecule has 0 saturated carbocycles. The van der Waals surface area contributed by atoms with Gasteiger partial charge in [-0.1, -0.05) is 11.6 Å². The second-order valence-electron chi connectivity index (χ2n) is 2.95. The van der Waals surface area contributed by atoms with E-state index in [1.54, 1.807) is 0 Å². The normalized spacial score (nSPS) is 10.6. The number of ether oxygens (including phenoxy) is 1. The molecule has 0 fully saturated rings. The Balaban J connectivity index is 3.19. The molecular weight excluding hydrogens is 242 g/mol. The van der Waals surface area contributed by atoms with Gasteiger partial charge in [0.1, 0.15) is 11.5 Å².